The first-order valence-corrected chi connectivity index (χ1v) is 33.3. The molecule has 16 rings (SSSR count). The molecule has 434 valence electrons. The average Bonchev–Trinajstić information content (AvgIpc) is 0.963. The fourth-order valence-corrected chi connectivity index (χ4v) is 16.3. The van der Waals surface area contributed by atoms with Crippen LogP contribution in [0, 0.1) is 0 Å². The van der Waals surface area contributed by atoms with Gasteiger partial charge in [-0.15, -0.1) is 0 Å². The third-order valence-corrected chi connectivity index (χ3v) is 20.1. The van der Waals surface area contributed by atoms with Gasteiger partial charge in [0.2, 0.25) is 0 Å². The monoisotopic (exact) mass is 1140 g/mol. The molecule has 2 heterocycles. The number of nitrogens with zero attached hydrogens (tertiary/aromatic N) is 4. The maximum Gasteiger partial charge on any atom is 0.0562 e. The second-order valence-electron chi connectivity index (χ2n) is 25.5. The van der Waals surface area contributed by atoms with Crippen LogP contribution in [0.3, 0.4) is 0 Å². The SMILES string of the molecule is CCCc1ccc(-n2c3ccccc3c3c(N(c4cccc5c4CCCC5)c4cc(CCC)c5ccc6c(N(c7cccc8c7CCCC8)c7cccc8c7c7ccccc7n8-c7ccc(CCC)cc7)cc(CCC)c7ccc4c5c76)cccc32)cc1. The van der Waals surface area contributed by atoms with Crippen molar-refractivity contribution < 1.29 is 0 Å². The highest BCUT2D eigenvalue weighted by atomic mass is 15.2. The first-order valence-electron chi connectivity index (χ1n) is 33.3. The number of aromatic nitrogens is 2. The van der Waals surface area contributed by atoms with Crippen molar-refractivity contribution in [2.45, 2.75) is 130 Å². The molecule has 2 aromatic heterocycles. The number of fused-ring (bicyclic) bond motifs is 8. The lowest BCUT2D eigenvalue weighted by Crippen LogP contribution is -2.17. The summed E-state index contributed by atoms with van der Waals surface area (Å²) in [5.74, 6) is 0. The number of anilines is 6. The van der Waals surface area contributed by atoms with E-state index in [1.54, 1.807) is 0 Å². The average molecular weight is 1140 g/mol. The normalized spacial score (nSPS) is 13.5. The molecule has 0 aliphatic heterocycles. The van der Waals surface area contributed by atoms with E-state index >= 15 is 0 Å². The summed E-state index contributed by atoms with van der Waals surface area (Å²) in [5.41, 5.74) is 26.4. The Morgan fingerprint density at radius 3 is 1.10 bits per heavy atom. The molecule has 2 aliphatic rings. The highest BCUT2D eigenvalue weighted by molar-refractivity contribution is 6.30. The minimum Gasteiger partial charge on any atom is -0.309 e. The van der Waals surface area contributed by atoms with E-state index in [2.05, 4.69) is 253 Å². The molecule has 0 fully saturated rings. The maximum atomic E-state index is 2.74. The van der Waals surface area contributed by atoms with Gasteiger partial charge >= 0.3 is 0 Å². The second kappa shape index (κ2) is 22.5. The predicted octanol–water partition coefficient (Wildman–Crippen LogP) is 23.3. The van der Waals surface area contributed by atoms with Gasteiger partial charge in [0.1, 0.15) is 0 Å². The number of aryl methyl sites for hydroxylation is 6. The molecule has 0 spiro atoms. The zero-order chi connectivity index (χ0) is 59.0. The van der Waals surface area contributed by atoms with Crippen LogP contribution < -0.4 is 9.80 Å². The third kappa shape index (κ3) is 8.75. The Morgan fingerprint density at radius 2 is 0.670 bits per heavy atom. The summed E-state index contributed by atoms with van der Waals surface area (Å²) < 4.78 is 5.04. The molecule has 0 saturated carbocycles. The Bertz CT molecular complexity index is 4660. The van der Waals surface area contributed by atoms with Crippen LogP contribution >= 0.6 is 0 Å². The minimum atomic E-state index is 0.976. The van der Waals surface area contributed by atoms with Gasteiger partial charge in [0, 0.05) is 55.1 Å². The van der Waals surface area contributed by atoms with Gasteiger partial charge in [0.15, 0.2) is 0 Å². The highest BCUT2D eigenvalue weighted by Crippen LogP contribution is 2.54. The largest absolute Gasteiger partial charge is 0.309 e. The summed E-state index contributed by atoms with van der Waals surface area (Å²) in [6.45, 7) is 9.27. The fourth-order valence-electron chi connectivity index (χ4n) is 16.3. The molecule has 0 unspecified atom stereocenters. The topological polar surface area (TPSA) is 16.3 Å². The van der Waals surface area contributed by atoms with E-state index in [1.807, 2.05) is 0 Å². The number of benzene rings is 12. The van der Waals surface area contributed by atoms with Crippen molar-refractivity contribution in [1.82, 2.24) is 9.13 Å². The fraction of sp³-hybridized carbons (Fsp3) is 0.238. The molecule has 0 N–H and O–H groups in total. The number of para-hydroxylation sites is 2. The van der Waals surface area contributed by atoms with Crippen LogP contribution in [-0.2, 0) is 51.4 Å². The molecule has 0 amide bonds. The summed E-state index contributed by atoms with van der Waals surface area (Å²) in [4.78, 5) is 5.48. The van der Waals surface area contributed by atoms with Crippen molar-refractivity contribution in [1.29, 1.82) is 0 Å². The van der Waals surface area contributed by atoms with E-state index in [-0.39, 0.29) is 0 Å². The number of rotatable bonds is 16. The van der Waals surface area contributed by atoms with Gasteiger partial charge in [-0.05, 0) is 228 Å². The third-order valence-electron chi connectivity index (χ3n) is 20.1. The molecule has 0 bridgehead atoms. The van der Waals surface area contributed by atoms with Crippen LogP contribution in [0.5, 0.6) is 0 Å². The zero-order valence-electron chi connectivity index (χ0n) is 51.7. The molecule has 0 atom stereocenters. The summed E-state index contributed by atoms with van der Waals surface area (Å²) in [5, 5.41) is 13.2. The van der Waals surface area contributed by atoms with Crippen LogP contribution in [0.4, 0.5) is 34.1 Å². The maximum absolute atomic E-state index is 2.74. The van der Waals surface area contributed by atoms with Gasteiger partial charge in [-0.2, -0.15) is 0 Å². The van der Waals surface area contributed by atoms with Crippen LogP contribution in [0.15, 0.2) is 206 Å². The Kier molecular flexibility index (Phi) is 13.9. The van der Waals surface area contributed by atoms with Crippen molar-refractivity contribution >= 4 is 110 Å². The predicted molar refractivity (Wildman–Crippen MR) is 377 cm³/mol. The molecule has 0 radical (unpaired) electrons. The molecule has 2 aliphatic carbocycles. The molecular formula is C84H78N4. The highest BCUT2D eigenvalue weighted by Gasteiger charge is 2.31. The lowest BCUT2D eigenvalue weighted by atomic mass is 9.85. The molecule has 88 heavy (non-hydrogen) atoms. The van der Waals surface area contributed by atoms with Crippen LogP contribution in [-0.4, -0.2) is 9.13 Å². The van der Waals surface area contributed by atoms with Crippen molar-refractivity contribution in [2.75, 3.05) is 9.80 Å². The summed E-state index contributed by atoms with van der Waals surface area (Å²) >= 11 is 0. The second-order valence-corrected chi connectivity index (χ2v) is 25.5. The Morgan fingerprint density at radius 1 is 0.295 bits per heavy atom. The van der Waals surface area contributed by atoms with Crippen molar-refractivity contribution in [3.8, 4) is 11.4 Å². The van der Waals surface area contributed by atoms with Gasteiger partial charge in [0.25, 0.3) is 0 Å². The van der Waals surface area contributed by atoms with E-state index in [4.69, 9.17) is 0 Å². The van der Waals surface area contributed by atoms with E-state index in [0.29, 0.717) is 0 Å². The Labute approximate surface area is 518 Å². The van der Waals surface area contributed by atoms with E-state index in [1.165, 1.54) is 192 Å². The van der Waals surface area contributed by atoms with E-state index < -0.39 is 0 Å². The number of hydrogen-bond donors (Lipinski definition) is 0. The first-order chi connectivity index (χ1) is 43.5. The van der Waals surface area contributed by atoms with Gasteiger partial charge in [-0.3, -0.25) is 0 Å². The molecule has 14 aromatic rings. The molecule has 12 aromatic carbocycles. The van der Waals surface area contributed by atoms with Gasteiger partial charge < -0.3 is 18.9 Å². The molecule has 4 nitrogen and oxygen atoms in total. The molecule has 0 saturated heterocycles. The van der Waals surface area contributed by atoms with Crippen molar-refractivity contribution in [2.24, 2.45) is 0 Å². The molecule has 4 heteroatoms. The van der Waals surface area contributed by atoms with Crippen LogP contribution in [0.25, 0.3) is 87.3 Å². The summed E-state index contributed by atoms with van der Waals surface area (Å²) in [6.07, 6.45) is 17.7. The minimum absolute atomic E-state index is 0.976. The lowest BCUT2D eigenvalue weighted by Gasteiger charge is -2.34. The van der Waals surface area contributed by atoms with Crippen molar-refractivity contribution in [3.63, 3.8) is 0 Å². The Balaban J connectivity index is 1.00. The summed E-state index contributed by atoms with van der Waals surface area (Å²) in [7, 11) is 0. The van der Waals surface area contributed by atoms with E-state index in [0.717, 1.165) is 77.0 Å². The van der Waals surface area contributed by atoms with Crippen LogP contribution in [0.1, 0.15) is 124 Å². The van der Waals surface area contributed by atoms with Gasteiger partial charge in [-0.25, -0.2) is 0 Å². The molecular weight excluding hydrogens is 1060 g/mol. The number of hydrogen-bond acceptors (Lipinski definition) is 2. The zero-order valence-corrected chi connectivity index (χ0v) is 51.7. The van der Waals surface area contributed by atoms with E-state index in [9.17, 15) is 0 Å². The Hall–Kier alpha value is -9.12. The quantitative estimate of drug-likeness (QED) is 0.0897. The smallest absolute Gasteiger partial charge is 0.0562 e. The first kappa shape index (κ1) is 54.3. The van der Waals surface area contributed by atoms with Gasteiger partial charge in [-0.1, -0.05) is 175 Å². The van der Waals surface area contributed by atoms with Crippen molar-refractivity contribution in [3.05, 3.63) is 251 Å². The summed E-state index contributed by atoms with van der Waals surface area (Å²) in [6, 6.07) is 80.9. The lowest BCUT2D eigenvalue weighted by molar-refractivity contribution is 0.686. The van der Waals surface area contributed by atoms with Gasteiger partial charge in [0.05, 0.1) is 44.8 Å². The van der Waals surface area contributed by atoms with Crippen LogP contribution in [0.2, 0.25) is 0 Å². The standard InChI is InChI=1S/C84H78N4/c1-5-21-55-41-45-61(46-42-55)85-73-33-15-13-31-67(73)83-75(85)37-19-39-77(83)87(71-35-17-27-57-25-9-11-29-63(57)71)79-53-59(23-7-3)65-50-52-70-80(54-60(24-8-4)66-49-51-69(79)81(65)82(66)70)88(72-36-18-28-58-26-10-12-30-64(58)72)78-40-20-38-76-84(78)68-32-14-16-34-74(68)86(76)62-47-43-56(22-6-2)44-48-62/h13-20,27-28,31-54H,5-12,21-26,29-30H2,1-4H3.